The van der Waals surface area contributed by atoms with E-state index in [9.17, 15) is 13.2 Å². The number of hydrogen-bond acceptors (Lipinski definition) is 4. The molecule has 1 saturated heterocycles. The van der Waals surface area contributed by atoms with E-state index in [4.69, 9.17) is 11.5 Å². The van der Waals surface area contributed by atoms with Crippen molar-refractivity contribution in [2.24, 2.45) is 11.5 Å². The number of amides is 1. The highest BCUT2D eigenvalue weighted by atomic mass is 32.2. The molecule has 1 unspecified atom stereocenters. The van der Waals surface area contributed by atoms with Crippen LogP contribution in [0.4, 0.5) is 0 Å². The second-order valence-corrected chi connectivity index (χ2v) is 4.96. The second kappa shape index (κ2) is 3.60. The third kappa shape index (κ3) is 1.98. The second-order valence-electron chi connectivity index (χ2n) is 2.92. The van der Waals surface area contributed by atoms with E-state index < -0.39 is 22.0 Å². The molecular weight excluding hydrogens is 194 g/mol. The van der Waals surface area contributed by atoms with Crippen molar-refractivity contribution in [3.05, 3.63) is 0 Å². The minimum absolute atomic E-state index is 0.0598. The van der Waals surface area contributed by atoms with Crippen molar-refractivity contribution in [1.29, 1.82) is 0 Å². The van der Waals surface area contributed by atoms with E-state index in [1.54, 1.807) is 0 Å². The summed E-state index contributed by atoms with van der Waals surface area (Å²) in [6.45, 7) is 0.431. The number of carbonyl (C=O) groups is 1. The third-order valence-electron chi connectivity index (χ3n) is 2.03. The number of hydrogen-bond donors (Lipinski definition) is 2. The Morgan fingerprint density at radius 3 is 2.46 bits per heavy atom. The van der Waals surface area contributed by atoms with Crippen LogP contribution in [0.15, 0.2) is 0 Å². The van der Waals surface area contributed by atoms with Gasteiger partial charge in [0.2, 0.25) is 15.9 Å². The van der Waals surface area contributed by atoms with Crippen molar-refractivity contribution in [1.82, 2.24) is 4.31 Å². The lowest BCUT2D eigenvalue weighted by molar-refractivity contribution is -0.124. The van der Waals surface area contributed by atoms with Gasteiger partial charge in [-0.2, -0.15) is 4.31 Å². The van der Waals surface area contributed by atoms with Crippen LogP contribution >= 0.6 is 0 Å². The van der Waals surface area contributed by atoms with E-state index in [1.165, 1.54) is 0 Å². The van der Waals surface area contributed by atoms with Crippen molar-refractivity contribution < 1.29 is 13.2 Å². The van der Waals surface area contributed by atoms with Gasteiger partial charge in [-0.1, -0.05) is 0 Å². The summed E-state index contributed by atoms with van der Waals surface area (Å²) in [5, 5.41) is 0. The Balaban J connectivity index is 2.68. The van der Waals surface area contributed by atoms with Crippen molar-refractivity contribution in [3.63, 3.8) is 0 Å². The van der Waals surface area contributed by atoms with E-state index in [0.29, 0.717) is 13.0 Å². The lowest BCUT2D eigenvalue weighted by Crippen LogP contribution is -2.58. The molecule has 1 atom stereocenters. The van der Waals surface area contributed by atoms with Gasteiger partial charge in [-0.25, -0.2) is 8.42 Å². The summed E-state index contributed by atoms with van der Waals surface area (Å²) in [6.07, 6.45) is 0.513. The van der Waals surface area contributed by atoms with Gasteiger partial charge < -0.3 is 11.5 Å². The number of sulfonamides is 1. The van der Waals surface area contributed by atoms with Gasteiger partial charge >= 0.3 is 0 Å². The zero-order valence-electron chi connectivity index (χ0n) is 7.14. The Morgan fingerprint density at radius 1 is 1.54 bits per heavy atom. The molecule has 1 heterocycles. The van der Waals surface area contributed by atoms with Gasteiger partial charge in [-0.15, -0.1) is 0 Å². The van der Waals surface area contributed by atoms with Crippen molar-refractivity contribution in [2.45, 2.75) is 12.5 Å². The molecule has 6 nitrogen and oxygen atoms in total. The maximum Gasteiger partial charge on any atom is 0.235 e. The highest BCUT2D eigenvalue weighted by Crippen LogP contribution is 2.21. The molecule has 0 bridgehead atoms. The fourth-order valence-electron chi connectivity index (χ4n) is 1.25. The standard InChI is InChI=1S/C6H13N3O3S/c7-2-4-13(11,12)9-3-1-5(9)6(8)10/h5H,1-4,7H2,(H2,8,10). The van der Waals surface area contributed by atoms with Crippen LogP contribution in [0.5, 0.6) is 0 Å². The average Bonchev–Trinajstić information content (AvgIpc) is 1.79. The molecule has 1 amide bonds. The van der Waals surface area contributed by atoms with Crippen molar-refractivity contribution >= 4 is 15.9 Å². The molecule has 1 fully saturated rings. The normalized spacial score (nSPS) is 23.9. The maximum absolute atomic E-state index is 11.4. The minimum Gasteiger partial charge on any atom is -0.368 e. The van der Waals surface area contributed by atoms with Crippen molar-refractivity contribution in [3.8, 4) is 0 Å². The molecule has 0 aliphatic carbocycles. The first-order chi connectivity index (χ1) is 5.99. The summed E-state index contributed by atoms with van der Waals surface area (Å²) in [6, 6.07) is -0.656. The lowest BCUT2D eigenvalue weighted by atomic mass is 10.1. The fraction of sp³-hybridized carbons (Fsp3) is 0.833. The molecule has 0 aromatic rings. The van der Waals surface area contributed by atoms with Crippen LogP contribution in [-0.2, 0) is 14.8 Å². The van der Waals surface area contributed by atoms with E-state index in [-0.39, 0.29) is 12.3 Å². The highest BCUT2D eigenvalue weighted by Gasteiger charge is 2.40. The Morgan fingerprint density at radius 2 is 2.15 bits per heavy atom. The summed E-state index contributed by atoms with van der Waals surface area (Å²) < 4.78 is 23.8. The first-order valence-corrected chi connectivity index (χ1v) is 5.59. The SMILES string of the molecule is NCCS(=O)(=O)N1CCC1C(N)=O. The minimum atomic E-state index is -3.36. The Bertz CT molecular complexity index is 300. The third-order valence-corrected chi connectivity index (χ3v) is 3.94. The molecule has 0 aromatic heterocycles. The number of carbonyl (C=O) groups excluding carboxylic acids is 1. The van der Waals surface area contributed by atoms with Gasteiger partial charge in [0, 0.05) is 13.1 Å². The Kier molecular flexibility index (Phi) is 2.89. The smallest absolute Gasteiger partial charge is 0.235 e. The van der Waals surface area contributed by atoms with Crippen molar-refractivity contribution in [2.75, 3.05) is 18.8 Å². The van der Waals surface area contributed by atoms with Gasteiger partial charge in [0.25, 0.3) is 0 Å². The molecule has 7 heteroatoms. The number of rotatable bonds is 4. The monoisotopic (exact) mass is 207 g/mol. The van der Waals surface area contributed by atoms with Gasteiger partial charge in [0.05, 0.1) is 5.75 Å². The predicted octanol–water partition coefficient (Wildman–Crippen LogP) is -2.17. The largest absolute Gasteiger partial charge is 0.368 e. The molecule has 0 saturated carbocycles. The summed E-state index contributed by atoms with van der Waals surface area (Å²) in [4.78, 5) is 10.7. The molecule has 4 N–H and O–H groups in total. The van der Waals surface area contributed by atoms with Gasteiger partial charge in [0.15, 0.2) is 0 Å². The van der Waals surface area contributed by atoms with E-state index in [0.717, 1.165) is 4.31 Å². The Labute approximate surface area is 76.9 Å². The number of nitrogens with zero attached hydrogens (tertiary/aromatic N) is 1. The number of nitrogens with two attached hydrogens (primary N) is 2. The maximum atomic E-state index is 11.4. The predicted molar refractivity (Wildman–Crippen MR) is 47.1 cm³/mol. The first kappa shape index (κ1) is 10.4. The van der Waals surface area contributed by atoms with Crippen LogP contribution in [0.1, 0.15) is 6.42 Å². The van der Waals surface area contributed by atoms with Crippen LogP contribution in [0.25, 0.3) is 0 Å². The molecule has 0 aromatic carbocycles. The zero-order valence-corrected chi connectivity index (χ0v) is 7.96. The summed E-state index contributed by atoms with van der Waals surface area (Å²) in [7, 11) is -3.36. The summed E-state index contributed by atoms with van der Waals surface area (Å²) >= 11 is 0. The molecule has 1 aliphatic heterocycles. The molecular formula is C6H13N3O3S. The molecule has 1 rings (SSSR count). The average molecular weight is 207 g/mol. The summed E-state index contributed by atoms with van der Waals surface area (Å²) in [5.41, 5.74) is 10.1. The molecule has 0 radical (unpaired) electrons. The zero-order chi connectivity index (χ0) is 10.1. The quantitative estimate of drug-likeness (QED) is 0.547. The van der Waals surface area contributed by atoms with Gasteiger partial charge in [0.1, 0.15) is 6.04 Å². The lowest BCUT2D eigenvalue weighted by Gasteiger charge is -2.37. The van der Waals surface area contributed by atoms with Crippen LogP contribution in [0.2, 0.25) is 0 Å². The molecule has 76 valence electrons. The Hall–Kier alpha value is -0.660. The van der Waals surface area contributed by atoms with E-state index in [1.807, 2.05) is 0 Å². The van der Waals surface area contributed by atoms with Crippen LogP contribution in [-0.4, -0.2) is 43.5 Å². The van der Waals surface area contributed by atoms with E-state index >= 15 is 0 Å². The topological polar surface area (TPSA) is 106 Å². The first-order valence-electron chi connectivity index (χ1n) is 3.98. The fourth-order valence-corrected chi connectivity index (χ4v) is 2.76. The highest BCUT2D eigenvalue weighted by molar-refractivity contribution is 7.89. The molecule has 0 spiro atoms. The summed E-state index contributed by atoms with van der Waals surface area (Å²) in [5.74, 6) is -0.719. The van der Waals surface area contributed by atoms with Gasteiger partial charge in [-0.3, -0.25) is 4.79 Å². The molecule has 13 heavy (non-hydrogen) atoms. The van der Waals surface area contributed by atoms with E-state index in [2.05, 4.69) is 0 Å². The van der Waals surface area contributed by atoms with Crippen LogP contribution in [0, 0.1) is 0 Å². The number of primary amides is 1. The van der Waals surface area contributed by atoms with Crippen LogP contribution in [0.3, 0.4) is 0 Å². The van der Waals surface area contributed by atoms with Crippen LogP contribution < -0.4 is 11.5 Å². The van der Waals surface area contributed by atoms with Gasteiger partial charge in [-0.05, 0) is 6.42 Å². The molecule has 1 aliphatic rings.